The highest BCUT2D eigenvalue weighted by Crippen LogP contribution is 2.12. The molecule has 21 heavy (non-hydrogen) atoms. The molecule has 0 aliphatic carbocycles. The monoisotopic (exact) mass is 291 g/mol. The van der Waals surface area contributed by atoms with Gasteiger partial charge in [-0.2, -0.15) is 15.0 Å². The zero-order valence-electron chi connectivity index (χ0n) is 12.8. The Kier molecular flexibility index (Phi) is 4.91. The Hall–Kier alpha value is -2.38. The largest absolute Gasteiger partial charge is 0.359 e. The summed E-state index contributed by atoms with van der Waals surface area (Å²) in [5.41, 5.74) is 0.849. The standard InChI is InChI=1S/C13H21N7O/c1-5-6-14-11-16-12(18-13(17-11)20(3)4)15-8-10-7-9(2)19-21-10/h7H,5-6,8H2,1-4H3,(H2,14,15,16,17,18). The molecule has 8 heteroatoms. The summed E-state index contributed by atoms with van der Waals surface area (Å²) in [5.74, 6) is 2.40. The number of rotatable bonds is 7. The van der Waals surface area contributed by atoms with Gasteiger partial charge in [0, 0.05) is 26.7 Å². The second-order valence-corrected chi connectivity index (χ2v) is 4.89. The van der Waals surface area contributed by atoms with Crippen LogP contribution in [0.2, 0.25) is 0 Å². The van der Waals surface area contributed by atoms with Crippen LogP contribution >= 0.6 is 0 Å². The van der Waals surface area contributed by atoms with E-state index in [4.69, 9.17) is 4.52 Å². The van der Waals surface area contributed by atoms with Crippen LogP contribution in [0.15, 0.2) is 10.6 Å². The molecule has 0 spiro atoms. The molecule has 2 heterocycles. The van der Waals surface area contributed by atoms with Gasteiger partial charge in [0.15, 0.2) is 5.76 Å². The van der Waals surface area contributed by atoms with E-state index < -0.39 is 0 Å². The molecule has 0 aliphatic heterocycles. The molecule has 0 atom stereocenters. The van der Waals surface area contributed by atoms with Gasteiger partial charge in [0.1, 0.15) is 0 Å². The predicted molar refractivity (Wildman–Crippen MR) is 81.5 cm³/mol. The Morgan fingerprint density at radius 2 is 1.86 bits per heavy atom. The first-order valence-corrected chi connectivity index (χ1v) is 6.92. The molecule has 0 amide bonds. The van der Waals surface area contributed by atoms with Gasteiger partial charge in [-0.05, 0) is 13.3 Å². The summed E-state index contributed by atoms with van der Waals surface area (Å²) in [5, 5.41) is 10.1. The molecule has 0 fully saturated rings. The third-order valence-corrected chi connectivity index (χ3v) is 2.65. The van der Waals surface area contributed by atoms with Crippen molar-refractivity contribution in [3.8, 4) is 0 Å². The van der Waals surface area contributed by atoms with E-state index in [1.807, 2.05) is 32.0 Å². The SMILES string of the molecule is CCCNc1nc(NCc2cc(C)no2)nc(N(C)C)n1. The van der Waals surface area contributed by atoms with Crippen molar-refractivity contribution in [2.45, 2.75) is 26.8 Å². The fourth-order valence-corrected chi connectivity index (χ4v) is 1.63. The maximum atomic E-state index is 5.15. The Labute approximate surface area is 124 Å². The lowest BCUT2D eigenvalue weighted by atomic mass is 10.4. The van der Waals surface area contributed by atoms with Gasteiger partial charge in [0.05, 0.1) is 12.2 Å². The summed E-state index contributed by atoms with van der Waals surface area (Å²) >= 11 is 0. The average molecular weight is 291 g/mol. The quantitative estimate of drug-likeness (QED) is 0.796. The summed E-state index contributed by atoms with van der Waals surface area (Å²) in [7, 11) is 3.78. The van der Waals surface area contributed by atoms with Crippen molar-refractivity contribution in [3.63, 3.8) is 0 Å². The maximum Gasteiger partial charge on any atom is 0.231 e. The topological polar surface area (TPSA) is 92.0 Å². The van der Waals surface area contributed by atoms with Crippen molar-refractivity contribution < 1.29 is 4.52 Å². The normalized spacial score (nSPS) is 10.5. The first kappa shape index (κ1) is 15.0. The van der Waals surface area contributed by atoms with Crippen molar-refractivity contribution in [2.75, 3.05) is 36.2 Å². The number of nitrogens with zero attached hydrogens (tertiary/aromatic N) is 5. The van der Waals surface area contributed by atoms with Crippen molar-refractivity contribution in [1.82, 2.24) is 20.1 Å². The maximum absolute atomic E-state index is 5.15. The van der Waals surface area contributed by atoms with E-state index in [0.29, 0.717) is 24.4 Å². The van der Waals surface area contributed by atoms with Gasteiger partial charge in [-0.1, -0.05) is 12.1 Å². The highest BCUT2D eigenvalue weighted by Gasteiger charge is 2.08. The van der Waals surface area contributed by atoms with E-state index in [0.717, 1.165) is 24.4 Å². The summed E-state index contributed by atoms with van der Waals surface area (Å²) in [6, 6.07) is 1.87. The van der Waals surface area contributed by atoms with Crippen LogP contribution in [0, 0.1) is 6.92 Å². The van der Waals surface area contributed by atoms with Crippen LogP contribution in [0.1, 0.15) is 24.8 Å². The first-order chi connectivity index (χ1) is 10.1. The smallest absolute Gasteiger partial charge is 0.231 e. The number of hydrogen-bond acceptors (Lipinski definition) is 8. The van der Waals surface area contributed by atoms with Crippen LogP contribution < -0.4 is 15.5 Å². The molecule has 0 radical (unpaired) electrons. The molecular weight excluding hydrogens is 270 g/mol. The molecular formula is C13H21N7O. The minimum absolute atomic E-state index is 0.477. The van der Waals surface area contributed by atoms with E-state index in [1.54, 1.807) is 0 Å². The minimum atomic E-state index is 0.477. The summed E-state index contributed by atoms with van der Waals surface area (Å²) in [6.45, 7) is 5.27. The Bertz CT molecular complexity index is 582. The Morgan fingerprint density at radius 1 is 1.14 bits per heavy atom. The first-order valence-electron chi connectivity index (χ1n) is 6.92. The van der Waals surface area contributed by atoms with Crippen LogP contribution in [-0.4, -0.2) is 40.7 Å². The number of anilines is 3. The molecule has 114 valence electrons. The second-order valence-electron chi connectivity index (χ2n) is 4.89. The molecule has 8 nitrogen and oxygen atoms in total. The zero-order chi connectivity index (χ0) is 15.2. The van der Waals surface area contributed by atoms with Gasteiger partial charge in [-0.15, -0.1) is 0 Å². The zero-order valence-corrected chi connectivity index (χ0v) is 12.8. The van der Waals surface area contributed by atoms with Crippen LogP contribution in [0.5, 0.6) is 0 Å². The highest BCUT2D eigenvalue weighted by atomic mass is 16.5. The molecule has 0 saturated heterocycles. The molecule has 2 N–H and O–H groups in total. The number of aryl methyl sites for hydroxylation is 1. The molecule has 0 aliphatic rings. The third-order valence-electron chi connectivity index (χ3n) is 2.65. The molecule has 0 aromatic carbocycles. The fraction of sp³-hybridized carbons (Fsp3) is 0.538. The Balaban J connectivity index is 2.11. The van der Waals surface area contributed by atoms with Gasteiger partial charge >= 0.3 is 0 Å². The van der Waals surface area contributed by atoms with E-state index in [1.165, 1.54) is 0 Å². The van der Waals surface area contributed by atoms with Gasteiger partial charge in [-0.3, -0.25) is 0 Å². The highest BCUT2D eigenvalue weighted by molar-refractivity contribution is 5.43. The van der Waals surface area contributed by atoms with E-state index in [9.17, 15) is 0 Å². The third kappa shape index (κ3) is 4.30. The van der Waals surface area contributed by atoms with Crippen LogP contribution in [0.25, 0.3) is 0 Å². The summed E-state index contributed by atoms with van der Waals surface area (Å²) < 4.78 is 5.15. The molecule has 2 rings (SSSR count). The molecule has 0 saturated carbocycles. The van der Waals surface area contributed by atoms with Gasteiger partial charge in [0.25, 0.3) is 0 Å². The number of hydrogen-bond donors (Lipinski definition) is 2. The van der Waals surface area contributed by atoms with Gasteiger partial charge in [0.2, 0.25) is 17.8 Å². The second kappa shape index (κ2) is 6.87. The van der Waals surface area contributed by atoms with E-state index >= 15 is 0 Å². The Morgan fingerprint density at radius 3 is 2.43 bits per heavy atom. The molecule has 0 bridgehead atoms. The average Bonchev–Trinajstić information content (AvgIpc) is 2.88. The van der Waals surface area contributed by atoms with Crippen molar-refractivity contribution in [2.24, 2.45) is 0 Å². The van der Waals surface area contributed by atoms with Crippen molar-refractivity contribution in [1.29, 1.82) is 0 Å². The summed E-state index contributed by atoms with van der Waals surface area (Å²) in [6.07, 6.45) is 1.00. The van der Waals surface area contributed by atoms with E-state index in [2.05, 4.69) is 37.7 Å². The number of nitrogens with one attached hydrogen (secondary N) is 2. The minimum Gasteiger partial charge on any atom is -0.359 e. The predicted octanol–water partition coefficient (Wildman–Crippen LogP) is 1.67. The lowest BCUT2D eigenvalue weighted by Gasteiger charge is -2.13. The number of aromatic nitrogens is 4. The van der Waals surface area contributed by atoms with Gasteiger partial charge < -0.3 is 20.1 Å². The lowest BCUT2D eigenvalue weighted by Crippen LogP contribution is -2.17. The van der Waals surface area contributed by atoms with Crippen LogP contribution in [-0.2, 0) is 6.54 Å². The van der Waals surface area contributed by atoms with Crippen molar-refractivity contribution >= 4 is 17.8 Å². The van der Waals surface area contributed by atoms with Gasteiger partial charge in [-0.25, -0.2) is 0 Å². The molecule has 0 unspecified atom stereocenters. The molecule has 2 aromatic rings. The summed E-state index contributed by atoms with van der Waals surface area (Å²) in [4.78, 5) is 14.9. The molecule has 2 aromatic heterocycles. The fourth-order valence-electron chi connectivity index (χ4n) is 1.63. The van der Waals surface area contributed by atoms with Crippen LogP contribution in [0.4, 0.5) is 17.8 Å². The van der Waals surface area contributed by atoms with E-state index in [-0.39, 0.29) is 0 Å². The van der Waals surface area contributed by atoms with Crippen LogP contribution in [0.3, 0.4) is 0 Å². The van der Waals surface area contributed by atoms with Crippen molar-refractivity contribution in [3.05, 3.63) is 17.5 Å². The lowest BCUT2D eigenvalue weighted by molar-refractivity contribution is 0.384.